The minimum absolute atomic E-state index is 0.0598. The highest BCUT2D eigenvalue weighted by Gasteiger charge is 2.34. The first-order valence-corrected chi connectivity index (χ1v) is 14.1. The second kappa shape index (κ2) is 12.1. The standard InChI is InChI=1S/C30H34N2O6S/c1-20(2)21-4-7-23(8-5-21)36-18-25-24-11-15-39-28(24)10-12-32(25)29(33)17-31(13-14-35-3)30(34)22-6-9-26-27(16-22)38-19-37-26/h4-9,11,15-16,20,25H,10,12-14,17-19H2,1-3H3/t25-/m0/s1. The molecule has 1 aromatic heterocycles. The Morgan fingerprint density at radius 1 is 1.10 bits per heavy atom. The number of rotatable bonds is 10. The van der Waals surface area contributed by atoms with Gasteiger partial charge in [0, 0.05) is 30.6 Å². The fourth-order valence-electron chi connectivity index (χ4n) is 4.92. The average molecular weight is 551 g/mol. The van der Waals surface area contributed by atoms with Gasteiger partial charge in [0.2, 0.25) is 12.7 Å². The van der Waals surface area contributed by atoms with Crippen LogP contribution in [0.25, 0.3) is 0 Å². The van der Waals surface area contributed by atoms with Crippen LogP contribution in [-0.2, 0) is 16.0 Å². The van der Waals surface area contributed by atoms with Gasteiger partial charge in [0.05, 0.1) is 12.6 Å². The van der Waals surface area contributed by atoms with E-state index in [0.29, 0.717) is 42.7 Å². The molecule has 206 valence electrons. The highest BCUT2D eigenvalue weighted by molar-refractivity contribution is 7.10. The summed E-state index contributed by atoms with van der Waals surface area (Å²) in [5, 5.41) is 2.07. The van der Waals surface area contributed by atoms with E-state index in [-0.39, 0.29) is 37.7 Å². The van der Waals surface area contributed by atoms with Crippen LogP contribution in [0.3, 0.4) is 0 Å². The van der Waals surface area contributed by atoms with Crippen molar-refractivity contribution in [3.63, 3.8) is 0 Å². The van der Waals surface area contributed by atoms with Gasteiger partial charge in [0.15, 0.2) is 11.5 Å². The van der Waals surface area contributed by atoms with E-state index in [9.17, 15) is 9.59 Å². The maximum absolute atomic E-state index is 13.8. The molecule has 0 aliphatic carbocycles. The molecule has 0 fully saturated rings. The quantitative estimate of drug-likeness (QED) is 0.358. The number of amides is 2. The van der Waals surface area contributed by atoms with E-state index in [1.54, 1.807) is 36.6 Å². The molecule has 0 saturated heterocycles. The number of carbonyl (C=O) groups is 2. The summed E-state index contributed by atoms with van der Waals surface area (Å²) in [7, 11) is 1.58. The van der Waals surface area contributed by atoms with Gasteiger partial charge < -0.3 is 28.7 Å². The largest absolute Gasteiger partial charge is 0.491 e. The van der Waals surface area contributed by atoms with Crippen LogP contribution in [-0.4, -0.2) is 68.4 Å². The molecule has 1 atom stereocenters. The molecule has 0 N–H and O–H groups in total. The fourth-order valence-corrected chi connectivity index (χ4v) is 5.85. The number of methoxy groups -OCH3 is 1. The van der Waals surface area contributed by atoms with Crippen LogP contribution in [0.4, 0.5) is 0 Å². The van der Waals surface area contributed by atoms with Crippen LogP contribution in [0.5, 0.6) is 17.2 Å². The topological polar surface area (TPSA) is 77.5 Å². The van der Waals surface area contributed by atoms with Crippen molar-refractivity contribution in [1.29, 1.82) is 0 Å². The SMILES string of the molecule is COCCN(CC(=O)N1CCc2sccc2[C@@H]1COc1ccc(C(C)C)cc1)C(=O)c1ccc2c(c1)OCO2. The summed E-state index contributed by atoms with van der Waals surface area (Å²) in [6.07, 6.45) is 0.784. The molecule has 0 unspecified atom stereocenters. The summed E-state index contributed by atoms with van der Waals surface area (Å²) in [4.78, 5) is 31.9. The van der Waals surface area contributed by atoms with Gasteiger partial charge in [-0.3, -0.25) is 9.59 Å². The van der Waals surface area contributed by atoms with E-state index in [1.165, 1.54) is 15.3 Å². The zero-order valence-corrected chi connectivity index (χ0v) is 23.4. The van der Waals surface area contributed by atoms with E-state index < -0.39 is 0 Å². The van der Waals surface area contributed by atoms with Gasteiger partial charge in [-0.1, -0.05) is 26.0 Å². The number of nitrogens with zero attached hydrogens (tertiary/aromatic N) is 2. The zero-order chi connectivity index (χ0) is 27.4. The van der Waals surface area contributed by atoms with Crippen LogP contribution in [0.2, 0.25) is 0 Å². The van der Waals surface area contributed by atoms with Gasteiger partial charge >= 0.3 is 0 Å². The molecule has 39 heavy (non-hydrogen) atoms. The van der Waals surface area contributed by atoms with E-state index in [2.05, 4.69) is 37.4 Å². The lowest BCUT2D eigenvalue weighted by Crippen LogP contribution is -2.48. The highest BCUT2D eigenvalue weighted by atomic mass is 32.1. The maximum atomic E-state index is 13.8. The summed E-state index contributed by atoms with van der Waals surface area (Å²) < 4.78 is 22.3. The predicted molar refractivity (Wildman–Crippen MR) is 149 cm³/mol. The predicted octanol–water partition coefficient (Wildman–Crippen LogP) is 4.89. The van der Waals surface area contributed by atoms with E-state index in [4.69, 9.17) is 18.9 Å². The molecule has 3 aromatic rings. The van der Waals surface area contributed by atoms with Crippen molar-refractivity contribution in [2.45, 2.75) is 32.2 Å². The number of benzene rings is 2. The van der Waals surface area contributed by atoms with Crippen molar-refractivity contribution in [1.82, 2.24) is 9.80 Å². The average Bonchev–Trinajstić information content (AvgIpc) is 3.63. The summed E-state index contributed by atoms with van der Waals surface area (Å²) in [5.74, 6) is 1.96. The third kappa shape index (κ3) is 6.04. The molecule has 2 aromatic carbocycles. The van der Waals surface area contributed by atoms with Crippen molar-refractivity contribution >= 4 is 23.2 Å². The molecule has 9 heteroatoms. The maximum Gasteiger partial charge on any atom is 0.254 e. The number of thiophene rings is 1. The molecular formula is C30H34N2O6S. The van der Waals surface area contributed by atoms with E-state index in [1.807, 2.05) is 17.0 Å². The molecule has 3 heterocycles. The van der Waals surface area contributed by atoms with Gasteiger partial charge in [-0.05, 0) is 65.2 Å². The lowest BCUT2D eigenvalue weighted by molar-refractivity contribution is -0.135. The van der Waals surface area contributed by atoms with Crippen LogP contribution in [0.15, 0.2) is 53.9 Å². The molecule has 0 spiro atoms. The van der Waals surface area contributed by atoms with Crippen LogP contribution >= 0.6 is 11.3 Å². The smallest absolute Gasteiger partial charge is 0.254 e. The molecule has 5 rings (SSSR count). The van der Waals surface area contributed by atoms with E-state index >= 15 is 0 Å². The van der Waals surface area contributed by atoms with Crippen LogP contribution in [0.1, 0.15) is 52.2 Å². The van der Waals surface area contributed by atoms with Gasteiger partial charge in [-0.2, -0.15) is 0 Å². The number of hydrogen-bond donors (Lipinski definition) is 0. The minimum atomic E-state index is -0.259. The van der Waals surface area contributed by atoms with Gasteiger partial charge in [0.25, 0.3) is 5.91 Å². The summed E-state index contributed by atoms with van der Waals surface area (Å²) in [6, 6.07) is 15.0. The molecule has 2 aliphatic heterocycles. The Balaban J connectivity index is 1.32. The van der Waals surface area contributed by atoms with Gasteiger partial charge in [0.1, 0.15) is 18.9 Å². The molecule has 0 bridgehead atoms. The van der Waals surface area contributed by atoms with Gasteiger partial charge in [-0.25, -0.2) is 0 Å². The Kier molecular flexibility index (Phi) is 8.38. The third-order valence-electron chi connectivity index (χ3n) is 7.17. The Morgan fingerprint density at radius 2 is 1.90 bits per heavy atom. The first kappa shape index (κ1) is 27.0. The summed E-state index contributed by atoms with van der Waals surface area (Å²) in [6.45, 7) is 5.90. The van der Waals surface area contributed by atoms with Crippen molar-refractivity contribution < 1.29 is 28.5 Å². The first-order valence-electron chi connectivity index (χ1n) is 13.2. The molecular weight excluding hydrogens is 516 g/mol. The lowest BCUT2D eigenvalue weighted by Gasteiger charge is -2.37. The van der Waals surface area contributed by atoms with Gasteiger partial charge in [-0.15, -0.1) is 11.3 Å². The first-order chi connectivity index (χ1) is 18.9. The van der Waals surface area contributed by atoms with Crippen molar-refractivity contribution in [2.75, 3.05) is 46.8 Å². The molecule has 8 nitrogen and oxygen atoms in total. The number of hydrogen-bond acceptors (Lipinski definition) is 7. The second-order valence-electron chi connectivity index (χ2n) is 9.97. The Hall–Kier alpha value is -3.56. The molecule has 0 radical (unpaired) electrons. The zero-order valence-electron chi connectivity index (χ0n) is 22.6. The van der Waals surface area contributed by atoms with Crippen molar-refractivity contribution in [3.8, 4) is 17.2 Å². The Morgan fingerprint density at radius 3 is 2.67 bits per heavy atom. The third-order valence-corrected chi connectivity index (χ3v) is 8.16. The molecule has 2 aliphatic rings. The normalized spacial score (nSPS) is 15.8. The number of fused-ring (bicyclic) bond motifs is 2. The fraction of sp³-hybridized carbons (Fsp3) is 0.400. The number of carbonyl (C=O) groups excluding carboxylic acids is 2. The lowest BCUT2D eigenvalue weighted by atomic mass is 10.00. The molecule has 0 saturated carbocycles. The van der Waals surface area contributed by atoms with E-state index in [0.717, 1.165) is 17.7 Å². The van der Waals surface area contributed by atoms with Crippen LogP contribution in [0, 0.1) is 0 Å². The summed E-state index contributed by atoms with van der Waals surface area (Å²) >= 11 is 1.71. The number of ether oxygens (including phenoxy) is 4. The summed E-state index contributed by atoms with van der Waals surface area (Å²) in [5.41, 5.74) is 2.80. The Bertz CT molecular complexity index is 1310. The highest BCUT2D eigenvalue weighted by Crippen LogP contribution is 2.35. The van der Waals surface area contributed by atoms with Crippen LogP contribution < -0.4 is 14.2 Å². The second-order valence-corrected chi connectivity index (χ2v) is 11.0. The van der Waals surface area contributed by atoms with Crippen molar-refractivity contribution in [2.24, 2.45) is 0 Å². The monoisotopic (exact) mass is 550 g/mol. The molecule has 2 amide bonds. The van der Waals surface area contributed by atoms with Crippen molar-refractivity contribution in [3.05, 3.63) is 75.5 Å². The Labute approximate surface area is 233 Å². The minimum Gasteiger partial charge on any atom is -0.491 e.